The predicted octanol–water partition coefficient (Wildman–Crippen LogP) is 3.71. The molecule has 1 unspecified atom stereocenters. The summed E-state index contributed by atoms with van der Waals surface area (Å²) >= 11 is 0. The van der Waals surface area contributed by atoms with E-state index in [0.29, 0.717) is 6.42 Å². The fourth-order valence-corrected chi connectivity index (χ4v) is 3.58. The number of imidazole rings is 1. The van der Waals surface area contributed by atoms with E-state index in [1.54, 1.807) is 12.1 Å². The Morgan fingerprint density at radius 3 is 2.55 bits per heavy atom. The highest BCUT2D eigenvalue weighted by Crippen LogP contribution is 2.39. The number of halogens is 3. The summed E-state index contributed by atoms with van der Waals surface area (Å²) in [6.45, 7) is 0.736. The molecule has 0 spiro atoms. The quantitative estimate of drug-likeness (QED) is 0.556. The van der Waals surface area contributed by atoms with E-state index in [9.17, 15) is 17.4 Å². The molecule has 31 heavy (non-hydrogen) atoms. The molecule has 2 aromatic rings. The van der Waals surface area contributed by atoms with Crippen molar-refractivity contribution in [2.24, 2.45) is 21.6 Å². The lowest BCUT2D eigenvalue weighted by Gasteiger charge is -2.27. The Kier molecular flexibility index (Phi) is 6.24. The maximum Gasteiger partial charge on any atom is 0.535 e. The van der Waals surface area contributed by atoms with Crippen molar-refractivity contribution in [2.75, 3.05) is 18.5 Å². The van der Waals surface area contributed by atoms with Crippen molar-refractivity contribution < 1.29 is 21.6 Å². The number of hydrogen-bond acceptors (Lipinski definition) is 9. The second-order valence-corrected chi connectivity index (χ2v) is 7.32. The number of nitrogens with zero attached hydrogens (tertiary/aromatic N) is 8. The smallest absolute Gasteiger partial charge is 0.374 e. The van der Waals surface area contributed by atoms with Crippen LogP contribution in [0.4, 0.5) is 36.2 Å². The number of nitriles is 2. The first-order chi connectivity index (χ1) is 14.6. The van der Waals surface area contributed by atoms with E-state index < -0.39 is 17.2 Å². The minimum Gasteiger partial charge on any atom is -0.374 e. The third-order valence-corrected chi connectivity index (χ3v) is 5.17. The molecule has 14 heteroatoms. The number of azo groups is 1. The lowest BCUT2D eigenvalue weighted by atomic mass is 10.0. The highest BCUT2D eigenvalue weighted by atomic mass is 32.2. The number of aromatic nitrogens is 2. The Labute approximate surface area is 176 Å². The predicted molar refractivity (Wildman–Crippen MR) is 104 cm³/mol. The van der Waals surface area contributed by atoms with E-state index >= 15 is 0 Å². The van der Waals surface area contributed by atoms with Crippen LogP contribution in [0.2, 0.25) is 0 Å². The van der Waals surface area contributed by atoms with Gasteiger partial charge in [-0.15, -0.1) is 23.4 Å². The van der Waals surface area contributed by atoms with Crippen LogP contribution in [-0.2, 0) is 28.5 Å². The van der Waals surface area contributed by atoms with Crippen molar-refractivity contribution in [1.29, 1.82) is 10.5 Å². The average molecular weight is 452 g/mol. The molecule has 162 valence electrons. The fraction of sp³-hybridized carbons (Fsp3) is 0.353. The minimum absolute atomic E-state index is 0.0184. The van der Waals surface area contributed by atoms with Gasteiger partial charge in [0.05, 0.1) is 0 Å². The molecule has 0 aliphatic carbocycles. The summed E-state index contributed by atoms with van der Waals surface area (Å²) in [5, 5.41) is 26.1. The zero-order chi connectivity index (χ0) is 22.8. The van der Waals surface area contributed by atoms with E-state index in [1.165, 1.54) is 17.7 Å². The first kappa shape index (κ1) is 22.2. The summed E-state index contributed by atoms with van der Waals surface area (Å²) in [5.74, 6) is -0.0650. The van der Waals surface area contributed by atoms with Gasteiger partial charge in [-0.1, -0.05) is 0 Å². The van der Waals surface area contributed by atoms with Crippen molar-refractivity contribution in [2.45, 2.75) is 19.2 Å². The van der Waals surface area contributed by atoms with Gasteiger partial charge < -0.3 is 9.47 Å². The van der Waals surface area contributed by atoms with Crippen LogP contribution in [-0.4, -0.2) is 33.7 Å². The van der Waals surface area contributed by atoms with Gasteiger partial charge in [-0.2, -0.15) is 24.1 Å². The first-order valence-corrected chi connectivity index (χ1v) is 9.87. The third-order valence-electron chi connectivity index (χ3n) is 4.43. The van der Waals surface area contributed by atoms with Crippen LogP contribution in [0.3, 0.4) is 0 Å². The van der Waals surface area contributed by atoms with Crippen LogP contribution >= 0.6 is 0 Å². The SMILES string of the molecule is CN1CCCc2cc(N=Nc3nc(C#N)c(C#N)n3C)c(N=[SH](=O)OC(F)(F)F)cc21. The van der Waals surface area contributed by atoms with E-state index in [2.05, 4.69) is 23.8 Å². The normalized spacial score (nSPS) is 15.0. The van der Waals surface area contributed by atoms with Gasteiger partial charge in [0.2, 0.25) is 0 Å². The molecule has 0 fully saturated rings. The lowest BCUT2D eigenvalue weighted by molar-refractivity contribution is -0.268. The summed E-state index contributed by atoms with van der Waals surface area (Å²) in [7, 11) is -0.168. The highest BCUT2D eigenvalue weighted by Gasteiger charge is 2.30. The van der Waals surface area contributed by atoms with Gasteiger partial charge in [0, 0.05) is 26.3 Å². The number of fused-ring (bicyclic) bond motifs is 1. The number of aryl methyl sites for hydroxylation is 1. The Hall–Kier alpha value is -3.49. The molecule has 0 saturated heterocycles. The number of alkyl halides is 3. The molecule has 1 aliphatic heterocycles. The van der Waals surface area contributed by atoms with Crippen molar-refractivity contribution in [1.82, 2.24) is 9.55 Å². The molecule has 0 bridgehead atoms. The summed E-state index contributed by atoms with van der Waals surface area (Å²) in [5.41, 5.74) is 1.35. The Bertz CT molecular complexity index is 1220. The zero-order valence-electron chi connectivity index (χ0n) is 16.3. The molecule has 10 nitrogen and oxygen atoms in total. The summed E-state index contributed by atoms with van der Waals surface area (Å²) in [6.07, 6.45) is -3.55. The Morgan fingerprint density at radius 1 is 1.19 bits per heavy atom. The molecule has 3 rings (SSSR count). The first-order valence-electron chi connectivity index (χ1n) is 8.74. The topological polar surface area (TPSA) is 132 Å². The summed E-state index contributed by atoms with van der Waals surface area (Å²) < 4.78 is 57.2. The molecule has 0 N–H and O–H groups in total. The minimum atomic E-state index is -5.11. The van der Waals surface area contributed by atoms with Gasteiger partial charge in [-0.05, 0) is 30.5 Å². The third kappa shape index (κ3) is 4.99. The molecule has 2 heterocycles. The van der Waals surface area contributed by atoms with Crippen molar-refractivity contribution in [3.8, 4) is 12.1 Å². The largest absolute Gasteiger partial charge is 0.535 e. The number of anilines is 1. The van der Waals surface area contributed by atoms with E-state index in [0.717, 1.165) is 24.2 Å². The van der Waals surface area contributed by atoms with Crippen LogP contribution < -0.4 is 4.90 Å². The molecule has 0 saturated carbocycles. The molecule has 1 atom stereocenters. The number of rotatable bonds is 4. The Balaban J connectivity index is 2.09. The second kappa shape index (κ2) is 8.71. The van der Waals surface area contributed by atoms with Gasteiger partial charge in [0.1, 0.15) is 23.5 Å². The van der Waals surface area contributed by atoms with Crippen LogP contribution in [0.15, 0.2) is 26.7 Å². The molecule has 0 amide bonds. The average Bonchev–Trinajstić information content (AvgIpc) is 3.00. The number of thiol groups is 1. The van der Waals surface area contributed by atoms with Gasteiger partial charge in [-0.25, -0.2) is 4.21 Å². The van der Waals surface area contributed by atoms with Gasteiger partial charge in [0.25, 0.3) is 5.95 Å². The molecule has 1 aromatic heterocycles. The van der Waals surface area contributed by atoms with Crippen LogP contribution in [0, 0.1) is 22.7 Å². The van der Waals surface area contributed by atoms with Gasteiger partial charge >= 0.3 is 6.36 Å². The van der Waals surface area contributed by atoms with E-state index in [-0.39, 0.29) is 28.7 Å². The highest BCUT2D eigenvalue weighted by molar-refractivity contribution is 7.70. The molecule has 0 radical (unpaired) electrons. The molecule has 1 aliphatic rings. The maximum atomic E-state index is 12.4. The maximum absolute atomic E-state index is 12.4. The lowest BCUT2D eigenvalue weighted by Crippen LogP contribution is -2.24. The summed E-state index contributed by atoms with van der Waals surface area (Å²) in [6, 6.07) is 6.65. The van der Waals surface area contributed by atoms with Crippen molar-refractivity contribution in [3.63, 3.8) is 0 Å². The van der Waals surface area contributed by atoms with E-state index in [1.807, 2.05) is 18.0 Å². The van der Waals surface area contributed by atoms with Crippen molar-refractivity contribution >= 4 is 33.9 Å². The van der Waals surface area contributed by atoms with E-state index in [4.69, 9.17) is 10.5 Å². The van der Waals surface area contributed by atoms with Crippen LogP contribution in [0.5, 0.6) is 0 Å². The standard InChI is InChI=1S/C17H15F3N8O2S/c1-27-5-3-4-10-6-11(12(7-14(10)27)26-31(29)30-17(18,19)20)24-25-16-23-13(8-21)15(9-22)28(16)2/h6-7,31H,3-5H2,1-2H3. The van der Waals surface area contributed by atoms with Crippen LogP contribution in [0.25, 0.3) is 0 Å². The molecule has 1 aromatic carbocycles. The number of hydrogen-bond donors (Lipinski definition) is 1. The summed E-state index contributed by atoms with van der Waals surface area (Å²) in [4.78, 5) is 5.80. The fourth-order valence-electron chi connectivity index (χ4n) is 3.03. The second-order valence-electron chi connectivity index (χ2n) is 6.46. The molecular weight excluding hydrogens is 437 g/mol. The van der Waals surface area contributed by atoms with Gasteiger partial charge in [-0.3, -0.25) is 0 Å². The molecular formula is C17H15F3N8O2S. The monoisotopic (exact) mass is 452 g/mol. The zero-order valence-corrected chi connectivity index (χ0v) is 17.1. The van der Waals surface area contributed by atoms with Crippen LogP contribution in [0.1, 0.15) is 23.4 Å². The van der Waals surface area contributed by atoms with Gasteiger partial charge in [0.15, 0.2) is 22.3 Å². The number of benzene rings is 1. The van der Waals surface area contributed by atoms with Crippen molar-refractivity contribution in [3.05, 3.63) is 29.1 Å². The Morgan fingerprint density at radius 2 is 1.94 bits per heavy atom.